The molecule has 4 N–H and O–H groups in total. The van der Waals surface area contributed by atoms with E-state index in [-0.39, 0.29) is 23.9 Å². The molecule has 1 heterocycles. The Labute approximate surface area is 70.7 Å². The molecule has 0 bridgehead atoms. The van der Waals surface area contributed by atoms with Gasteiger partial charge in [0.25, 0.3) is 0 Å². The van der Waals surface area contributed by atoms with Crippen molar-refractivity contribution in [3.63, 3.8) is 0 Å². The van der Waals surface area contributed by atoms with Gasteiger partial charge in [0, 0.05) is 0 Å². The molecular formula is C7H13N3O2. The molecule has 1 aliphatic rings. The quantitative estimate of drug-likeness (QED) is 0.525. The summed E-state index contributed by atoms with van der Waals surface area (Å²) in [4.78, 5) is 23.3. The molecule has 0 spiro atoms. The first-order chi connectivity index (χ1) is 5.54. The lowest BCUT2D eigenvalue weighted by molar-refractivity contribution is -0.125. The molecule has 12 heavy (non-hydrogen) atoms. The first-order valence-corrected chi connectivity index (χ1v) is 3.84. The van der Waals surface area contributed by atoms with E-state index in [1.165, 1.54) is 0 Å². The van der Waals surface area contributed by atoms with Gasteiger partial charge in [0.1, 0.15) is 0 Å². The van der Waals surface area contributed by atoms with Crippen molar-refractivity contribution in [2.75, 3.05) is 7.05 Å². The Kier molecular flexibility index (Phi) is 2.32. The minimum absolute atomic E-state index is 0.331. The van der Waals surface area contributed by atoms with Crippen molar-refractivity contribution in [1.29, 1.82) is 0 Å². The van der Waals surface area contributed by atoms with Gasteiger partial charge in [-0.2, -0.15) is 0 Å². The summed E-state index contributed by atoms with van der Waals surface area (Å²) in [5, 5.41) is 0. The third kappa shape index (κ3) is 1.40. The van der Waals surface area contributed by atoms with Gasteiger partial charge in [-0.05, 0) is 19.9 Å². The van der Waals surface area contributed by atoms with Crippen LogP contribution in [0, 0.1) is 0 Å². The molecule has 2 atom stereocenters. The summed E-state index contributed by atoms with van der Waals surface area (Å²) in [5.41, 5.74) is 10.2. The Hall–Kier alpha value is -1.10. The van der Waals surface area contributed by atoms with Crippen molar-refractivity contribution in [3.05, 3.63) is 0 Å². The van der Waals surface area contributed by atoms with Crippen molar-refractivity contribution < 1.29 is 9.59 Å². The second-order valence-corrected chi connectivity index (χ2v) is 3.08. The molecule has 1 aliphatic heterocycles. The summed E-state index contributed by atoms with van der Waals surface area (Å²) in [6.45, 7) is 0. The Morgan fingerprint density at radius 2 is 1.50 bits per heavy atom. The second-order valence-electron chi connectivity index (χ2n) is 3.08. The molecule has 2 amide bonds. The number of amides is 2. The van der Waals surface area contributed by atoms with Crippen LogP contribution in [0.5, 0.6) is 0 Å². The molecule has 5 heteroatoms. The Balaban J connectivity index is 2.67. The zero-order chi connectivity index (χ0) is 9.30. The van der Waals surface area contributed by atoms with Crippen LogP contribution in [0.15, 0.2) is 0 Å². The van der Waals surface area contributed by atoms with Crippen LogP contribution in [0.3, 0.4) is 0 Å². The number of likely N-dealkylation sites (tertiary alicyclic amines) is 1. The monoisotopic (exact) mass is 171 g/mol. The van der Waals surface area contributed by atoms with Gasteiger partial charge in [-0.1, -0.05) is 0 Å². The smallest absolute Gasteiger partial charge is 0.234 e. The topological polar surface area (TPSA) is 89.4 Å². The average molecular weight is 171 g/mol. The Morgan fingerprint density at radius 1 is 1.17 bits per heavy atom. The summed E-state index contributed by atoms with van der Waals surface area (Å²) < 4.78 is 0. The van der Waals surface area contributed by atoms with E-state index >= 15 is 0 Å². The van der Waals surface area contributed by atoms with Gasteiger partial charge in [-0.25, -0.2) is 0 Å². The molecule has 1 saturated heterocycles. The lowest BCUT2D eigenvalue weighted by Gasteiger charge is -2.20. The number of nitrogens with two attached hydrogens (primary N) is 2. The van der Waals surface area contributed by atoms with Gasteiger partial charge in [0.15, 0.2) is 0 Å². The van der Waals surface area contributed by atoms with E-state index in [9.17, 15) is 9.59 Å². The second kappa shape index (κ2) is 3.10. The maximum atomic E-state index is 10.8. The van der Waals surface area contributed by atoms with Gasteiger partial charge in [-0.3, -0.25) is 14.5 Å². The zero-order valence-electron chi connectivity index (χ0n) is 6.99. The fraction of sp³-hybridized carbons (Fsp3) is 0.714. The van der Waals surface area contributed by atoms with Crippen LogP contribution in [0.2, 0.25) is 0 Å². The summed E-state index contributed by atoms with van der Waals surface area (Å²) in [5.74, 6) is -0.775. The number of primary amides is 2. The molecule has 0 aromatic rings. The number of likely N-dealkylation sites (N-methyl/N-ethyl adjacent to an activating group) is 1. The number of carbonyl (C=O) groups is 2. The summed E-state index contributed by atoms with van der Waals surface area (Å²) in [6, 6.07) is -0.662. The van der Waals surface area contributed by atoms with Crippen LogP contribution in [-0.4, -0.2) is 35.8 Å². The van der Waals surface area contributed by atoms with E-state index in [2.05, 4.69) is 0 Å². The van der Waals surface area contributed by atoms with Gasteiger partial charge < -0.3 is 11.5 Å². The summed E-state index contributed by atoms with van der Waals surface area (Å²) >= 11 is 0. The molecule has 1 rings (SSSR count). The van der Waals surface area contributed by atoms with Gasteiger partial charge in [-0.15, -0.1) is 0 Å². The van der Waals surface area contributed by atoms with Gasteiger partial charge >= 0.3 is 0 Å². The molecule has 1 fully saturated rings. The average Bonchev–Trinajstić information content (AvgIpc) is 2.30. The van der Waals surface area contributed by atoms with Gasteiger partial charge in [0.05, 0.1) is 12.1 Å². The Bertz CT molecular complexity index is 195. The lowest BCUT2D eigenvalue weighted by atomic mass is 10.2. The van der Waals surface area contributed by atoms with Crippen molar-refractivity contribution in [3.8, 4) is 0 Å². The first-order valence-electron chi connectivity index (χ1n) is 3.84. The zero-order valence-corrected chi connectivity index (χ0v) is 6.99. The molecule has 0 aromatic carbocycles. The Morgan fingerprint density at radius 3 is 1.67 bits per heavy atom. The maximum Gasteiger partial charge on any atom is 0.234 e. The van der Waals surface area contributed by atoms with Gasteiger partial charge in [0.2, 0.25) is 11.8 Å². The normalized spacial score (nSPS) is 30.4. The van der Waals surface area contributed by atoms with Crippen LogP contribution in [0.1, 0.15) is 12.8 Å². The number of nitrogens with zero attached hydrogens (tertiary/aromatic N) is 1. The highest BCUT2D eigenvalue weighted by molar-refractivity contribution is 5.84. The van der Waals surface area contributed by atoms with Crippen LogP contribution >= 0.6 is 0 Å². The van der Waals surface area contributed by atoms with Crippen molar-refractivity contribution >= 4 is 11.8 Å². The predicted molar refractivity (Wildman–Crippen MR) is 43.0 cm³/mol. The largest absolute Gasteiger partial charge is 0.368 e. The van der Waals surface area contributed by atoms with Crippen LogP contribution in [-0.2, 0) is 9.59 Å². The van der Waals surface area contributed by atoms with Crippen molar-refractivity contribution in [2.24, 2.45) is 11.5 Å². The SMILES string of the molecule is CN1C(C(N)=O)CCC1C(N)=O. The van der Waals surface area contributed by atoms with E-state index in [0.717, 1.165) is 0 Å². The molecule has 2 unspecified atom stereocenters. The molecule has 0 radical (unpaired) electrons. The predicted octanol–water partition coefficient (Wildman–Crippen LogP) is -1.58. The number of rotatable bonds is 2. The molecular weight excluding hydrogens is 158 g/mol. The molecule has 0 saturated carbocycles. The number of hydrogen-bond acceptors (Lipinski definition) is 3. The van der Waals surface area contributed by atoms with E-state index < -0.39 is 0 Å². The van der Waals surface area contributed by atoms with Crippen LogP contribution in [0.25, 0.3) is 0 Å². The maximum absolute atomic E-state index is 10.8. The van der Waals surface area contributed by atoms with Crippen LogP contribution < -0.4 is 11.5 Å². The van der Waals surface area contributed by atoms with E-state index in [1.807, 2.05) is 0 Å². The minimum Gasteiger partial charge on any atom is -0.368 e. The molecule has 0 aromatic heterocycles. The van der Waals surface area contributed by atoms with E-state index in [1.54, 1.807) is 11.9 Å². The molecule has 0 aliphatic carbocycles. The third-order valence-electron chi connectivity index (χ3n) is 2.35. The first kappa shape index (κ1) is 8.99. The van der Waals surface area contributed by atoms with Crippen molar-refractivity contribution in [1.82, 2.24) is 4.90 Å². The number of hydrogen-bond donors (Lipinski definition) is 2. The standard InChI is InChI=1S/C7H13N3O2/c1-10-4(6(8)11)2-3-5(10)7(9)12/h4-5H,2-3H2,1H3,(H2,8,11)(H2,9,12). The fourth-order valence-electron chi connectivity index (χ4n) is 1.63. The van der Waals surface area contributed by atoms with E-state index in [4.69, 9.17) is 11.5 Å². The number of carbonyl (C=O) groups excluding carboxylic acids is 2. The molecule has 5 nitrogen and oxygen atoms in total. The lowest BCUT2D eigenvalue weighted by Crippen LogP contribution is -2.45. The van der Waals surface area contributed by atoms with E-state index in [0.29, 0.717) is 12.8 Å². The summed E-state index contributed by atoms with van der Waals surface area (Å²) in [7, 11) is 1.69. The molecule has 68 valence electrons. The van der Waals surface area contributed by atoms with Crippen LogP contribution in [0.4, 0.5) is 0 Å². The third-order valence-corrected chi connectivity index (χ3v) is 2.35. The highest BCUT2D eigenvalue weighted by atomic mass is 16.2. The fourth-order valence-corrected chi connectivity index (χ4v) is 1.63. The van der Waals surface area contributed by atoms with Crippen molar-refractivity contribution in [2.45, 2.75) is 24.9 Å². The minimum atomic E-state index is -0.388. The summed E-state index contributed by atoms with van der Waals surface area (Å²) in [6.07, 6.45) is 1.25. The highest BCUT2D eigenvalue weighted by Gasteiger charge is 2.36. The highest BCUT2D eigenvalue weighted by Crippen LogP contribution is 2.21.